The molecule has 3 heterocycles. The number of para-hydroxylation sites is 1. The van der Waals surface area contributed by atoms with Gasteiger partial charge in [-0.25, -0.2) is 0 Å². The van der Waals surface area contributed by atoms with Gasteiger partial charge in [0.2, 0.25) is 5.91 Å². The first-order valence-electron chi connectivity index (χ1n) is 9.20. The SMILES string of the molecule is Cc1ccn(CCC(=O)N2C[C@H]3COc4ccccc4C[C@@]3(C(=O)O)C2)n1. The molecule has 142 valence electrons. The van der Waals surface area contributed by atoms with E-state index >= 15 is 0 Å². The summed E-state index contributed by atoms with van der Waals surface area (Å²) in [6, 6.07) is 9.46. The molecule has 0 bridgehead atoms. The van der Waals surface area contributed by atoms with Crippen molar-refractivity contribution in [2.45, 2.75) is 26.3 Å². The molecule has 7 heteroatoms. The van der Waals surface area contributed by atoms with Crippen LogP contribution in [0.25, 0.3) is 0 Å². The van der Waals surface area contributed by atoms with Crippen molar-refractivity contribution in [2.24, 2.45) is 11.3 Å². The van der Waals surface area contributed by atoms with Crippen molar-refractivity contribution < 1.29 is 19.4 Å². The number of carboxylic acid groups (broad SMARTS) is 1. The van der Waals surface area contributed by atoms with E-state index in [-0.39, 0.29) is 18.4 Å². The van der Waals surface area contributed by atoms with Gasteiger partial charge in [0.15, 0.2) is 0 Å². The third-order valence-electron chi connectivity index (χ3n) is 5.72. The molecule has 1 N–H and O–H groups in total. The molecule has 0 radical (unpaired) electrons. The van der Waals surface area contributed by atoms with E-state index in [9.17, 15) is 14.7 Å². The van der Waals surface area contributed by atoms with Crippen molar-refractivity contribution in [1.29, 1.82) is 0 Å². The molecule has 2 aliphatic rings. The molecule has 2 aliphatic heterocycles. The number of aryl methyl sites for hydroxylation is 2. The van der Waals surface area contributed by atoms with Gasteiger partial charge < -0.3 is 14.7 Å². The second-order valence-electron chi connectivity index (χ2n) is 7.50. The minimum absolute atomic E-state index is 0.0369. The zero-order chi connectivity index (χ0) is 19.0. The summed E-state index contributed by atoms with van der Waals surface area (Å²) in [6.45, 7) is 3.35. The molecular weight excluding hydrogens is 346 g/mol. The number of likely N-dealkylation sites (tertiary alicyclic amines) is 1. The fraction of sp³-hybridized carbons (Fsp3) is 0.450. The molecule has 2 aromatic rings. The highest BCUT2D eigenvalue weighted by atomic mass is 16.5. The van der Waals surface area contributed by atoms with Gasteiger partial charge in [0.1, 0.15) is 5.75 Å². The summed E-state index contributed by atoms with van der Waals surface area (Å²) >= 11 is 0. The van der Waals surface area contributed by atoms with Gasteiger partial charge in [0.25, 0.3) is 0 Å². The van der Waals surface area contributed by atoms with Crippen molar-refractivity contribution in [1.82, 2.24) is 14.7 Å². The van der Waals surface area contributed by atoms with Crippen LogP contribution >= 0.6 is 0 Å². The number of hydrogen-bond donors (Lipinski definition) is 1. The zero-order valence-electron chi connectivity index (χ0n) is 15.3. The molecule has 7 nitrogen and oxygen atoms in total. The quantitative estimate of drug-likeness (QED) is 0.887. The number of carbonyl (C=O) groups excluding carboxylic acids is 1. The van der Waals surface area contributed by atoms with E-state index < -0.39 is 11.4 Å². The molecule has 1 aromatic carbocycles. The molecule has 1 amide bonds. The number of nitrogens with zero attached hydrogens (tertiary/aromatic N) is 3. The van der Waals surface area contributed by atoms with Crippen LogP contribution in [0.2, 0.25) is 0 Å². The molecule has 2 atom stereocenters. The Morgan fingerprint density at radius 2 is 2.15 bits per heavy atom. The Morgan fingerprint density at radius 1 is 1.33 bits per heavy atom. The highest BCUT2D eigenvalue weighted by Crippen LogP contribution is 2.44. The first-order chi connectivity index (χ1) is 13.0. The van der Waals surface area contributed by atoms with Crippen LogP contribution in [-0.4, -0.2) is 51.4 Å². The van der Waals surface area contributed by atoms with Gasteiger partial charge in [-0.3, -0.25) is 14.3 Å². The Hall–Kier alpha value is -2.83. The Kier molecular flexibility index (Phi) is 4.37. The monoisotopic (exact) mass is 369 g/mol. The molecule has 1 fully saturated rings. The van der Waals surface area contributed by atoms with Gasteiger partial charge in [-0.2, -0.15) is 5.10 Å². The lowest BCUT2D eigenvalue weighted by molar-refractivity contribution is -0.151. The van der Waals surface area contributed by atoms with E-state index in [1.807, 2.05) is 43.5 Å². The van der Waals surface area contributed by atoms with Crippen molar-refractivity contribution in [3.63, 3.8) is 0 Å². The minimum Gasteiger partial charge on any atom is -0.493 e. The van der Waals surface area contributed by atoms with Gasteiger partial charge >= 0.3 is 5.97 Å². The minimum atomic E-state index is -0.995. The average molecular weight is 369 g/mol. The normalized spacial score (nSPS) is 23.9. The van der Waals surface area contributed by atoms with E-state index in [0.29, 0.717) is 32.5 Å². The zero-order valence-corrected chi connectivity index (χ0v) is 15.3. The molecule has 0 spiro atoms. The van der Waals surface area contributed by atoms with Crippen molar-refractivity contribution >= 4 is 11.9 Å². The third kappa shape index (κ3) is 3.18. The van der Waals surface area contributed by atoms with Crippen LogP contribution < -0.4 is 4.74 Å². The number of aromatic nitrogens is 2. The Morgan fingerprint density at radius 3 is 2.89 bits per heavy atom. The predicted molar refractivity (Wildman–Crippen MR) is 97.4 cm³/mol. The lowest BCUT2D eigenvalue weighted by Crippen LogP contribution is -2.42. The second-order valence-corrected chi connectivity index (χ2v) is 7.50. The maximum absolute atomic E-state index is 12.7. The molecule has 1 aromatic heterocycles. The van der Waals surface area contributed by atoms with Gasteiger partial charge in [-0.15, -0.1) is 0 Å². The molecular formula is C20H23N3O4. The van der Waals surface area contributed by atoms with Crippen molar-refractivity contribution in [3.8, 4) is 5.75 Å². The van der Waals surface area contributed by atoms with Gasteiger partial charge in [-0.1, -0.05) is 18.2 Å². The number of carbonyl (C=O) groups is 2. The Labute approximate surface area is 157 Å². The number of rotatable bonds is 4. The number of carboxylic acids is 1. The highest BCUT2D eigenvalue weighted by molar-refractivity contribution is 5.81. The molecule has 0 saturated carbocycles. The van der Waals surface area contributed by atoms with Crippen LogP contribution in [-0.2, 0) is 22.6 Å². The number of fused-ring (bicyclic) bond motifs is 2. The summed E-state index contributed by atoms with van der Waals surface area (Å²) in [7, 11) is 0. The summed E-state index contributed by atoms with van der Waals surface area (Å²) in [6.07, 6.45) is 2.53. The van der Waals surface area contributed by atoms with Crippen molar-refractivity contribution in [3.05, 3.63) is 47.8 Å². The summed E-state index contributed by atoms with van der Waals surface area (Å²) in [5.41, 5.74) is 0.806. The van der Waals surface area contributed by atoms with Gasteiger partial charge in [0, 0.05) is 38.2 Å². The number of benzene rings is 1. The standard InChI is InChI=1S/C20H23N3O4/c1-14-6-8-23(21-14)9-7-18(24)22-11-16-12-27-17-5-3-2-4-15(17)10-20(16,13-22)19(25)26/h2-6,8,16H,7,9-13H2,1H3,(H,25,26)/t16-,20+/m0/s1. The van der Waals surface area contributed by atoms with E-state index in [1.165, 1.54) is 0 Å². The second kappa shape index (κ2) is 6.72. The summed E-state index contributed by atoms with van der Waals surface area (Å²) in [4.78, 5) is 26.7. The molecule has 0 unspecified atom stereocenters. The first-order valence-corrected chi connectivity index (χ1v) is 9.20. The Balaban J connectivity index is 1.51. The van der Waals surface area contributed by atoms with Gasteiger partial charge in [-0.05, 0) is 31.0 Å². The van der Waals surface area contributed by atoms with Crippen LogP contribution in [0.3, 0.4) is 0 Å². The molecule has 27 heavy (non-hydrogen) atoms. The maximum Gasteiger partial charge on any atom is 0.312 e. The lowest BCUT2D eigenvalue weighted by atomic mass is 9.74. The Bertz CT molecular complexity index is 878. The number of ether oxygens (including phenoxy) is 1. The molecule has 0 aliphatic carbocycles. The molecule has 4 rings (SSSR count). The maximum atomic E-state index is 12.7. The lowest BCUT2D eigenvalue weighted by Gasteiger charge is -2.27. The number of amides is 1. The third-order valence-corrected chi connectivity index (χ3v) is 5.72. The predicted octanol–water partition coefficient (Wildman–Crippen LogP) is 1.75. The van der Waals surface area contributed by atoms with E-state index in [4.69, 9.17) is 4.74 Å². The van der Waals surface area contributed by atoms with E-state index in [0.717, 1.165) is 17.0 Å². The summed E-state index contributed by atoms with van der Waals surface area (Å²) in [5, 5.41) is 14.3. The van der Waals surface area contributed by atoms with Crippen LogP contribution in [0.5, 0.6) is 5.75 Å². The van der Waals surface area contributed by atoms with Crippen LogP contribution in [0.1, 0.15) is 17.7 Å². The van der Waals surface area contributed by atoms with E-state index in [1.54, 1.807) is 9.58 Å². The highest BCUT2D eigenvalue weighted by Gasteiger charge is 2.55. The topological polar surface area (TPSA) is 84.7 Å². The number of hydrogen-bond acceptors (Lipinski definition) is 4. The molecule has 1 saturated heterocycles. The van der Waals surface area contributed by atoms with E-state index in [2.05, 4.69) is 5.10 Å². The fourth-order valence-electron chi connectivity index (χ4n) is 4.17. The smallest absolute Gasteiger partial charge is 0.312 e. The number of aliphatic carboxylic acids is 1. The fourth-order valence-corrected chi connectivity index (χ4v) is 4.17. The first kappa shape index (κ1) is 17.6. The van der Waals surface area contributed by atoms with Gasteiger partial charge in [0.05, 0.1) is 17.7 Å². The van der Waals surface area contributed by atoms with Crippen LogP contribution in [0, 0.1) is 18.3 Å². The van der Waals surface area contributed by atoms with Crippen molar-refractivity contribution in [2.75, 3.05) is 19.7 Å². The summed E-state index contributed by atoms with van der Waals surface area (Å²) in [5.74, 6) is -0.367. The summed E-state index contributed by atoms with van der Waals surface area (Å²) < 4.78 is 7.63. The average Bonchev–Trinajstić information content (AvgIpc) is 3.19. The largest absolute Gasteiger partial charge is 0.493 e. The van der Waals surface area contributed by atoms with Crippen LogP contribution in [0.4, 0.5) is 0 Å². The van der Waals surface area contributed by atoms with Crippen LogP contribution in [0.15, 0.2) is 36.5 Å².